The van der Waals surface area contributed by atoms with E-state index in [4.69, 9.17) is 16.7 Å². The van der Waals surface area contributed by atoms with E-state index in [1.165, 1.54) is 32.1 Å². The first-order chi connectivity index (χ1) is 6.77. The van der Waals surface area contributed by atoms with E-state index in [-0.39, 0.29) is 0 Å². The average molecular weight is 221 g/mol. The molecule has 0 aromatic carbocycles. The highest BCUT2D eigenvalue weighted by Gasteiger charge is 1.96. The molecule has 0 spiro atoms. The summed E-state index contributed by atoms with van der Waals surface area (Å²) in [5.41, 5.74) is 0. The van der Waals surface area contributed by atoms with Crippen LogP contribution in [0.15, 0.2) is 0 Å². The third-order valence-corrected chi connectivity index (χ3v) is 2.54. The summed E-state index contributed by atoms with van der Waals surface area (Å²) in [4.78, 5) is 10.2. The first-order valence-electron chi connectivity index (χ1n) is 5.55. The third kappa shape index (κ3) is 11.8. The highest BCUT2D eigenvalue weighted by Crippen LogP contribution is 2.09. The summed E-state index contributed by atoms with van der Waals surface area (Å²) >= 11 is 5.56. The van der Waals surface area contributed by atoms with Crippen molar-refractivity contribution in [1.29, 1.82) is 0 Å². The molecule has 3 heteroatoms. The highest BCUT2D eigenvalue weighted by atomic mass is 35.5. The van der Waals surface area contributed by atoms with Crippen molar-refractivity contribution in [1.82, 2.24) is 0 Å². The number of carbonyl (C=O) groups is 1. The topological polar surface area (TPSA) is 37.3 Å². The van der Waals surface area contributed by atoms with Gasteiger partial charge in [-0.15, -0.1) is 11.6 Å². The Kier molecular flexibility index (Phi) is 10.7. The SMILES string of the molecule is O=C(O)CCCCCCCCCCCl. The summed E-state index contributed by atoms with van der Waals surface area (Å²) < 4.78 is 0. The first kappa shape index (κ1) is 13.8. The molecule has 0 amide bonds. The van der Waals surface area contributed by atoms with Crippen molar-refractivity contribution in [2.24, 2.45) is 0 Å². The molecule has 0 atom stereocenters. The molecule has 0 radical (unpaired) electrons. The van der Waals surface area contributed by atoms with E-state index < -0.39 is 5.97 Å². The number of rotatable bonds is 10. The predicted molar refractivity (Wildman–Crippen MR) is 59.9 cm³/mol. The Morgan fingerprint density at radius 3 is 1.71 bits per heavy atom. The summed E-state index contributed by atoms with van der Waals surface area (Å²) in [5.74, 6) is 0.102. The van der Waals surface area contributed by atoms with Gasteiger partial charge in [-0.2, -0.15) is 0 Å². The maximum Gasteiger partial charge on any atom is 0.303 e. The van der Waals surface area contributed by atoms with E-state index in [2.05, 4.69) is 0 Å². The van der Waals surface area contributed by atoms with E-state index in [9.17, 15) is 4.79 Å². The van der Waals surface area contributed by atoms with Crippen LogP contribution in [0.1, 0.15) is 57.8 Å². The summed E-state index contributed by atoms with van der Waals surface area (Å²) in [7, 11) is 0. The zero-order valence-electron chi connectivity index (χ0n) is 8.80. The standard InChI is InChI=1S/C11H21ClO2/c12-10-8-6-4-2-1-3-5-7-9-11(13)14/h1-10H2,(H,13,14). The largest absolute Gasteiger partial charge is 0.481 e. The number of hydrogen-bond donors (Lipinski definition) is 1. The lowest BCUT2D eigenvalue weighted by Gasteiger charge is -2.00. The fraction of sp³-hybridized carbons (Fsp3) is 0.909. The molecule has 0 aromatic heterocycles. The van der Waals surface area contributed by atoms with Gasteiger partial charge in [-0.1, -0.05) is 38.5 Å². The van der Waals surface area contributed by atoms with Crippen LogP contribution < -0.4 is 0 Å². The molecular weight excluding hydrogens is 200 g/mol. The quantitative estimate of drug-likeness (QED) is 0.449. The molecule has 0 saturated heterocycles. The van der Waals surface area contributed by atoms with Gasteiger partial charge in [0.2, 0.25) is 0 Å². The van der Waals surface area contributed by atoms with Crippen molar-refractivity contribution in [3.8, 4) is 0 Å². The van der Waals surface area contributed by atoms with Gasteiger partial charge in [-0.25, -0.2) is 0 Å². The molecule has 0 aliphatic carbocycles. The average Bonchev–Trinajstić information content (AvgIpc) is 2.15. The summed E-state index contributed by atoms with van der Waals surface area (Å²) in [6.45, 7) is 0. The van der Waals surface area contributed by atoms with E-state index >= 15 is 0 Å². The van der Waals surface area contributed by atoms with Crippen LogP contribution in [0.2, 0.25) is 0 Å². The summed E-state index contributed by atoms with van der Waals surface area (Å²) in [5, 5.41) is 8.40. The van der Waals surface area contributed by atoms with Gasteiger partial charge in [-0.3, -0.25) is 4.79 Å². The maximum absolute atomic E-state index is 10.2. The second-order valence-corrected chi connectivity index (χ2v) is 4.04. The molecule has 14 heavy (non-hydrogen) atoms. The van der Waals surface area contributed by atoms with Crippen LogP contribution in [0.5, 0.6) is 0 Å². The van der Waals surface area contributed by atoms with Crippen molar-refractivity contribution in [3.63, 3.8) is 0 Å². The van der Waals surface area contributed by atoms with Crippen molar-refractivity contribution >= 4 is 17.6 Å². The van der Waals surface area contributed by atoms with Crippen LogP contribution in [0.3, 0.4) is 0 Å². The van der Waals surface area contributed by atoms with Crippen LogP contribution in [-0.4, -0.2) is 17.0 Å². The molecule has 0 heterocycles. The lowest BCUT2D eigenvalue weighted by atomic mass is 10.1. The minimum absolute atomic E-state index is 0.326. The van der Waals surface area contributed by atoms with Crippen LogP contribution >= 0.6 is 11.6 Å². The maximum atomic E-state index is 10.2. The molecule has 0 aliphatic heterocycles. The molecule has 0 aromatic rings. The van der Waals surface area contributed by atoms with Crippen LogP contribution in [0, 0.1) is 0 Å². The van der Waals surface area contributed by atoms with Crippen molar-refractivity contribution < 1.29 is 9.90 Å². The van der Waals surface area contributed by atoms with Crippen LogP contribution in [0.25, 0.3) is 0 Å². The van der Waals surface area contributed by atoms with Gasteiger partial charge in [0.15, 0.2) is 0 Å². The molecule has 0 unspecified atom stereocenters. The van der Waals surface area contributed by atoms with Gasteiger partial charge in [0.05, 0.1) is 0 Å². The first-order valence-corrected chi connectivity index (χ1v) is 6.08. The van der Waals surface area contributed by atoms with Gasteiger partial charge >= 0.3 is 5.97 Å². The zero-order chi connectivity index (χ0) is 10.6. The summed E-state index contributed by atoms with van der Waals surface area (Å²) in [6.07, 6.45) is 9.52. The van der Waals surface area contributed by atoms with Gasteiger partial charge in [0, 0.05) is 12.3 Å². The number of carboxylic acid groups (broad SMARTS) is 1. The van der Waals surface area contributed by atoms with Gasteiger partial charge < -0.3 is 5.11 Å². The fourth-order valence-electron chi connectivity index (χ4n) is 1.43. The van der Waals surface area contributed by atoms with Crippen LogP contribution in [0.4, 0.5) is 0 Å². The predicted octanol–water partition coefficient (Wildman–Crippen LogP) is 3.82. The molecular formula is C11H21ClO2. The number of halogens is 1. The monoisotopic (exact) mass is 220 g/mol. The zero-order valence-corrected chi connectivity index (χ0v) is 9.56. The van der Waals surface area contributed by atoms with Crippen molar-refractivity contribution in [2.75, 3.05) is 5.88 Å². The van der Waals surface area contributed by atoms with Gasteiger partial charge in [-0.05, 0) is 12.8 Å². The smallest absolute Gasteiger partial charge is 0.303 e. The molecule has 0 rings (SSSR count). The lowest BCUT2D eigenvalue weighted by molar-refractivity contribution is -0.137. The minimum atomic E-state index is -0.674. The fourth-order valence-corrected chi connectivity index (χ4v) is 1.62. The van der Waals surface area contributed by atoms with Crippen LogP contribution in [-0.2, 0) is 4.79 Å². The van der Waals surface area contributed by atoms with Crippen molar-refractivity contribution in [3.05, 3.63) is 0 Å². The van der Waals surface area contributed by atoms with E-state index in [0.717, 1.165) is 25.1 Å². The second-order valence-electron chi connectivity index (χ2n) is 3.66. The number of aliphatic carboxylic acids is 1. The van der Waals surface area contributed by atoms with Gasteiger partial charge in [0.1, 0.15) is 0 Å². The van der Waals surface area contributed by atoms with E-state index in [1.807, 2.05) is 0 Å². The molecule has 0 bridgehead atoms. The molecule has 0 fully saturated rings. The Morgan fingerprint density at radius 2 is 1.29 bits per heavy atom. The Bertz CT molecular complexity index is 137. The Labute approximate surface area is 91.6 Å². The number of hydrogen-bond acceptors (Lipinski definition) is 1. The second kappa shape index (κ2) is 10.8. The molecule has 0 aliphatic rings. The third-order valence-electron chi connectivity index (χ3n) is 2.27. The molecule has 1 N–H and O–H groups in total. The molecule has 84 valence electrons. The summed E-state index contributed by atoms with van der Waals surface area (Å²) in [6, 6.07) is 0. The van der Waals surface area contributed by atoms with E-state index in [1.54, 1.807) is 0 Å². The molecule has 0 saturated carbocycles. The minimum Gasteiger partial charge on any atom is -0.481 e. The number of unbranched alkanes of at least 4 members (excludes halogenated alkanes) is 7. The van der Waals surface area contributed by atoms with Crippen molar-refractivity contribution in [2.45, 2.75) is 57.8 Å². The Morgan fingerprint density at radius 1 is 0.857 bits per heavy atom. The van der Waals surface area contributed by atoms with Gasteiger partial charge in [0.25, 0.3) is 0 Å². The normalized spacial score (nSPS) is 10.4. The lowest BCUT2D eigenvalue weighted by Crippen LogP contribution is -1.93. The highest BCUT2D eigenvalue weighted by molar-refractivity contribution is 6.17. The Hall–Kier alpha value is -0.240. The Balaban J connectivity index is 2.88. The number of carboxylic acids is 1. The van der Waals surface area contributed by atoms with E-state index in [0.29, 0.717) is 6.42 Å². The number of alkyl halides is 1. The molecule has 2 nitrogen and oxygen atoms in total.